The number of nitrogens with zero attached hydrogens (tertiary/aromatic N) is 1. The summed E-state index contributed by atoms with van der Waals surface area (Å²) in [6, 6.07) is 0.763. The minimum absolute atomic E-state index is 0.0660. The highest BCUT2D eigenvalue weighted by Gasteiger charge is 2.40. The van der Waals surface area contributed by atoms with E-state index in [0.29, 0.717) is 30.8 Å². The lowest BCUT2D eigenvalue weighted by atomic mass is 9.76. The minimum Gasteiger partial charge on any atom is -0.356 e. The molecular weight excluding hydrogens is 411 g/mol. The number of nitrogens with one attached hydrogen (secondary N) is 7. The highest BCUT2D eigenvalue weighted by atomic mass is 19.1. The van der Waals surface area contributed by atoms with Crippen molar-refractivity contribution in [3.8, 4) is 0 Å². The molecule has 0 radical (unpaired) electrons. The normalized spacial score (nSPS) is 40.3. The van der Waals surface area contributed by atoms with Crippen LogP contribution in [0.25, 0.3) is 0 Å². The van der Waals surface area contributed by atoms with Crippen LogP contribution in [0.2, 0.25) is 0 Å². The average molecular weight is 453 g/mol. The van der Waals surface area contributed by atoms with Gasteiger partial charge < -0.3 is 31.9 Å². The van der Waals surface area contributed by atoms with Crippen molar-refractivity contribution in [3.63, 3.8) is 0 Å². The highest BCUT2D eigenvalue weighted by Crippen LogP contribution is 2.31. The number of piperidine rings is 2. The van der Waals surface area contributed by atoms with Gasteiger partial charge in [-0.3, -0.25) is 15.1 Å². The van der Waals surface area contributed by atoms with E-state index in [2.05, 4.69) is 56.1 Å². The summed E-state index contributed by atoms with van der Waals surface area (Å²) in [7, 11) is 0. The smallest absolute Gasteiger partial charge is 0.237 e. The third-order valence-corrected chi connectivity index (χ3v) is 7.42. The number of guanidine groups is 1. The molecule has 8 atom stereocenters. The Labute approximate surface area is 190 Å². The summed E-state index contributed by atoms with van der Waals surface area (Å²) in [6.07, 6.45) is 2.21. The lowest BCUT2D eigenvalue weighted by Gasteiger charge is -2.44. The van der Waals surface area contributed by atoms with Gasteiger partial charge in [0.15, 0.2) is 12.3 Å². The maximum atomic E-state index is 13.8. The number of hydrogen-bond donors (Lipinski definition) is 7. The summed E-state index contributed by atoms with van der Waals surface area (Å²) in [5.41, 5.74) is 0. The number of amides is 1. The van der Waals surface area contributed by atoms with Gasteiger partial charge in [-0.1, -0.05) is 0 Å². The summed E-state index contributed by atoms with van der Waals surface area (Å²) in [4.78, 5) is 17.5. The van der Waals surface area contributed by atoms with Crippen LogP contribution in [0, 0.1) is 11.8 Å². The van der Waals surface area contributed by atoms with Crippen molar-refractivity contribution >= 4 is 11.9 Å². The molecule has 4 heterocycles. The van der Waals surface area contributed by atoms with Gasteiger partial charge in [-0.2, -0.15) is 0 Å². The molecule has 8 unspecified atom stereocenters. The predicted octanol–water partition coefficient (Wildman–Crippen LogP) is -0.978. The van der Waals surface area contributed by atoms with Crippen molar-refractivity contribution in [1.82, 2.24) is 37.2 Å². The molecule has 1 amide bonds. The Morgan fingerprint density at radius 1 is 1.12 bits per heavy atom. The van der Waals surface area contributed by atoms with Gasteiger partial charge in [-0.25, -0.2) is 4.39 Å². The van der Waals surface area contributed by atoms with Crippen molar-refractivity contribution in [2.24, 2.45) is 16.8 Å². The number of piperazine rings is 1. The van der Waals surface area contributed by atoms with E-state index in [9.17, 15) is 9.18 Å². The Morgan fingerprint density at radius 3 is 2.72 bits per heavy atom. The molecule has 0 aromatic rings. The second-order valence-electron chi connectivity index (χ2n) is 10.0. The number of hydrogen-bond acceptors (Lipinski definition) is 8. The minimum atomic E-state index is -0.924. The van der Waals surface area contributed by atoms with E-state index in [1.54, 1.807) is 0 Å². The highest BCUT2D eigenvalue weighted by molar-refractivity contribution is 5.82. The number of carbonyl (C=O) groups is 1. The van der Waals surface area contributed by atoms with Gasteiger partial charge in [0.1, 0.15) is 0 Å². The van der Waals surface area contributed by atoms with Gasteiger partial charge in [0.25, 0.3) is 0 Å². The van der Waals surface area contributed by atoms with Crippen molar-refractivity contribution in [2.45, 2.75) is 76.0 Å². The quantitative estimate of drug-likeness (QED) is 0.259. The molecule has 4 aliphatic heterocycles. The zero-order valence-corrected chi connectivity index (χ0v) is 19.4. The molecule has 3 fully saturated rings. The van der Waals surface area contributed by atoms with E-state index in [0.717, 1.165) is 57.9 Å². The zero-order valence-electron chi connectivity index (χ0n) is 19.4. The first-order valence-corrected chi connectivity index (χ1v) is 12.4. The molecule has 32 heavy (non-hydrogen) atoms. The number of carbonyl (C=O) groups excluding carboxylic acids is 1. The largest absolute Gasteiger partial charge is 0.356 e. The second-order valence-corrected chi connectivity index (χ2v) is 10.0. The Kier molecular flexibility index (Phi) is 8.20. The second kappa shape index (κ2) is 11.1. The lowest BCUT2D eigenvalue weighted by molar-refractivity contribution is -0.125. The SMILES string of the molecule is CC1CNC(CNC(=O)C2CC(CNC3=NCCN3)CC(C3CCC(F)NC3C)N2)CN1. The molecule has 0 saturated carbocycles. The van der Waals surface area contributed by atoms with Crippen molar-refractivity contribution < 1.29 is 9.18 Å². The van der Waals surface area contributed by atoms with Crippen LogP contribution in [0.5, 0.6) is 0 Å². The van der Waals surface area contributed by atoms with Gasteiger partial charge in [0, 0.05) is 56.9 Å². The molecule has 7 N–H and O–H groups in total. The van der Waals surface area contributed by atoms with Gasteiger partial charge in [-0.05, 0) is 51.4 Å². The van der Waals surface area contributed by atoms with E-state index in [4.69, 9.17) is 0 Å². The third kappa shape index (κ3) is 6.30. The Morgan fingerprint density at radius 2 is 2.00 bits per heavy atom. The molecular formula is C22H41FN8O. The molecule has 4 aliphatic rings. The van der Waals surface area contributed by atoms with E-state index in [1.807, 2.05) is 0 Å². The van der Waals surface area contributed by atoms with E-state index >= 15 is 0 Å². The van der Waals surface area contributed by atoms with E-state index in [-0.39, 0.29) is 30.1 Å². The first-order valence-electron chi connectivity index (χ1n) is 12.4. The molecule has 4 rings (SSSR count). The summed E-state index contributed by atoms with van der Waals surface area (Å²) < 4.78 is 13.8. The van der Waals surface area contributed by atoms with Crippen LogP contribution in [0.4, 0.5) is 4.39 Å². The van der Waals surface area contributed by atoms with Crippen LogP contribution in [-0.2, 0) is 4.79 Å². The molecule has 10 heteroatoms. The van der Waals surface area contributed by atoms with Crippen molar-refractivity contribution in [2.75, 3.05) is 39.3 Å². The summed E-state index contributed by atoms with van der Waals surface area (Å²) in [5.74, 6) is 1.59. The summed E-state index contributed by atoms with van der Waals surface area (Å²) in [6.45, 7) is 9.09. The number of halogens is 1. The molecule has 0 bridgehead atoms. The maximum Gasteiger partial charge on any atom is 0.237 e. The lowest BCUT2D eigenvalue weighted by Crippen LogP contribution is -2.62. The molecule has 9 nitrogen and oxygen atoms in total. The molecule has 3 saturated heterocycles. The molecule has 0 aromatic heterocycles. The average Bonchev–Trinajstić information content (AvgIpc) is 3.30. The monoisotopic (exact) mass is 452 g/mol. The number of rotatable bonds is 6. The standard InChI is InChI=1S/C22H41FN8O/c1-13-9-27-16(11-26-13)12-28-21(32)19-8-15(10-29-22-24-5-6-25-22)7-18(31-19)17-3-4-20(23)30-14(17)2/h13-20,26-27,30-31H,3-12H2,1-2H3,(H,28,32)(H2,24,25,29). The molecule has 182 valence electrons. The zero-order chi connectivity index (χ0) is 22.5. The van der Waals surface area contributed by atoms with Gasteiger partial charge in [0.2, 0.25) is 5.91 Å². The van der Waals surface area contributed by atoms with Crippen LogP contribution >= 0.6 is 0 Å². The van der Waals surface area contributed by atoms with Crippen molar-refractivity contribution in [1.29, 1.82) is 0 Å². The topological polar surface area (TPSA) is 114 Å². The van der Waals surface area contributed by atoms with Gasteiger partial charge in [-0.15, -0.1) is 0 Å². The van der Waals surface area contributed by atoms with Crippen molar-refractivity contribution in [3.05, 3.63) is 0 Å². The van der Waals surface area contributed by atoms with Crippen LogP contribution in [-0.4, -0.2) is 87.6 Å². The van der Waals surface area contributed by atoms with Gasteiger partial charge >= 0.3 is 0 Å². The van der Waals surface area contributed by atoms with Crippen LogP contribution in [0.1, 0.15) is 39.5 Å². The Hall–Kier alpha value is -1.49. The van der Waals surface area contributed by atoms with Gasteiger partial charge in [0.05, 0.1) is 12.6 Å². The molecule has 0 spiro atoms. The van der Waals surface area contributed by atoms with E-state index < -0.39 is 6.30 Å². The van der Waals surface area contributed by atoms with Crippen LogP contribution in [0.3, 0.4) is 0 Å². The van der Waals surface area contributed by atoms with E-state index in [1.165, 1.54) is 0 Å². The molecule has 0 aromatic carbocycles. The first kappa shape index (κ1) is 23.7. The maximum absolute atomic E-state index is 13.8. The fraction of sp³-hybridized carbons (Fsp3) is 0.909. The fourth-order valence-electron chi connectivity index (χ4n) is 5.54. The number of alkyl halides is 1. The third-order valence-electron chi connectivity index (χ3n) is 7.42. The Bertz CT molecular complexity index is 656. The fourth-order valence-corrected chi connectivity index (χ4v) is 5.54. The first-order chi connectivity index (χ1) is 15.5. The van der Waals surface area contributed by atoms with Crippen LogP contribution < -0.4 is 37.2 Å². The summed E-state index contributed by atoms with van der Waals surface area (Å²) in [5, 5.41) is 23.5. The summed E-state index contributed by atoms with van der Waals surface area (Å²) >= 11 is 0. The predicted molar refractivity (Wildman–Crippen MR) is 124 cm³/mol. The Balaban J connectivity index is 1.35. The number of aliphatic imine (C=N–C) groups is 1. The molecule has 0 aliphatic carbocycles. The van der Waals surface area contributed by atoms with Crippen LogP contribution in [0.15, 0.2) is 4.99 Å².